The molecule has 3 rings (SSSR count). The summed E-state index contributed by atoms with van der Waals surface area (Å²) in [5.41, 5.74) is 8.23. The van der Waals surface area contributed by atoms with Crippen LogP contribution in [0.15, 0.2) is 53.3 Å². The Labute approximate surface area is 130 Å². The largest absolute Gasteiger partial charge is 0.388 e. The monoisotopic (exact) mass is 343 g/mol. The van der Waals surface area contributed by atoms with E-state index in [4.69, 9.17) is 5.73 Å². The first-order valence-corrected chi connectivity index (χ1v) is 7.36. The lowest BCUT2D eigenvalue weighted by molar-refractivity contribution is 0.180. The van der Waals surface area contributed by atoms with Crippen LogP contribution in [0.25, 0.3) is 10.9 Å². The number of nitrogens with two attached hydrogens (primary N) is 1. The molecule has 4 nitrogen and oxygen atoms in total. The highest BCUT2D eigenvalue weighted by Gasteiger charge is 2.14. The van der Waals surface area contributed by atoms with Gasteiger partial charge in [0.15, 0.2) is 0 Å². The third-order valence-electron chi connectivity index (χ3n) is 3.38. The predicted octanol–water partition coefficient (Wildman–Crippen LogP) is 3.25. The average Bonchev–Trinajstić information content (AvgIpc) is 2.48. The van der Waals surface area contributed by atoms with Gasteiger partial charge in [-0.05, 0) is 29.8 Å². The number of anilines is 1. The second kappa shape index (κ2) is 5.79. The minimum atomic E-state index is -0.641. The van der Waals surface area contributed by atoms with Crippen molar-refractivity contribution in [3.8, 4) is 0 Å². The third-order valence-corrected chi connectivity index (χ3v) is 4.07. The van der Waals surface area contributed by atoms with Gasteiger partial charge in [-0.15, -0.1) is 0 Å². The van der Waals surface area contributed by atoms with Crippen LogP contribution in [-0.2, 0) is 6.42 Å². The highest BCUT2D eigenvalue weighted by Crippen LogP contribution is 2.30. The zero-order chi connectivity index (χ0) is 14.8. The van der Waals surface area contributed by atoms with Gasteiger partial charge in [-0.3, -0.25) is 4.98 Å². The van der Waals surface area contributed by atoms with Crippen LogP contribution in [0, 0.1) is 0 Å². The molecule has 0 saturated heterocycles. The van der Waals surface area contributed by atoms with Crippen LogP contribution < -0.4 is 5.73 Å². The first-order valence-electron chi connectivity index (χ1n) is 6.57. The Morgan fingerprint density at radius 2 is 2.00 bits per heavy atom. The van der Waals surface area contributed by atoms with Gasteiger partial charge >= 0.3 is 0 Å². The Morgan fingerprint density at radius 3 is 2.81 bits per heavy atom. The Bertz CT molecular complexity index is 791. The Morgan fingerprint density at radius 1 is 1.14 bits per heavy atom. The number of halogens is 1. The van der Waals surface area contributed by atoms with Crippen LogP contribution in [0.1, 0.15) is 17.2 Å². The molecule has 0 saturated carbocycles. The van der Waals surface area contributed by atoms with E-state index >= 15 is 0 Å². The van der Waals surface area contributed by atoms with E-state index in [-0.39, 0.29) is 0 Å². The second-order valence-electron chi connectivity index (χ2n) is 4.85. The molecule has 1 unspecified atom stereocenters. The first-order chi connectivity index (χ1) is 10.1. The Kier molecular flexibility index (Phi) is 3.86. The molecule has 0 fully saturated rings. The van der Waals surface area contributed by atoms with Crippen molar-refractivity contribution in [1.82, 2.24) is 9.97 Å². The van der Waals surface area contributed by atoms with Gasteiger partial charge in [0, 0.05) is 34.2 Å². The highest BCUT2D eigenvalue weighted by molar-refractivity contribution is 9.10. The standard InChI is InChI=1S/C16H14BrN3O/c17-13-4-3-12(16-11(13)2-1-6-20-16)14(21)8-10-5-7-19-15(18)9-10/h1-7,9,14,21H,8H2,(H2,18,19). The van der Waals surface area contributed by atoms with E-state index in [2.05, 4.69) is 25.9 Å². The summed E-state index contributed by atoms with van der Waals surface area (Å²) in [5.74, 6) is 0.457. The molecule has 0 aliphatic carbocycles. The summed E-state index contributed by atoms with van der Waals surface area (Å²) < 4.78 is 0.967. The molecule has 0 aliphatic rings. The van der Waals surface area contributed by atoms with Crippen molar-refractivity contribution in [2.45, 2.75) is 12.5 Å². The van der Waals surface area contributed by atoms with Crippen molar-refractivity contribution < 1.29 is 5.11 Å². The van der Waals surface area contributed by atoms with E-state index in [1.54, 1.807) is 18.5 Å². The average molecular weight is 344 g/mol. The molecule has 21 heavy (non-hydrogen) atoms. The topological polar surface area (TPSA) is 72.0 Å². The van der Waals surface area contributed by atoms with Crippen molar-refractivity contribution in [2.24, 2.45) is 0 Å². The molecule has 2 aromatic heterocycles. The number of fused-ring (bicyclic) bond motifs is 1. The van der Waals surface area contributed by atoms with Crippen molar-refractivity contribution >= 4 is 32.7 Å². The van der Waals surface area contributed by atoms with Crippen LogP contribution >= 0.6 is 15.9 Å². The number of aromatic nitrogens is 2. The van der Waals surface area contributed by atoms with Gasteiger partial charge in [-0.2, -0.15) is 0 Å². The molecule has 0 radical (unpaired) electrons. The van der Waals surface area contributed by atoms with Gasteiger partial charge in [0.2, 0.25) is 0 Å². The lowest BCUT2D eigenvalue weighted by Crippen LogP contribution is -2.04. The third kappa shape index (κ3) is 2.89. The summed E-state index contributed by atoms with van der Waals surface area (Å²) >= 11 is 3.51. The summed E-state index contributed by atoms with van der Waals surface area (Å²) in [4.78, 5) is 8.35. The summed E-state index contributed by atoms with van der Waals surface area (Å²) in [7, 11) is 0. The summed E-state index contributed by atoms with van der Waals surface area (Å²) in [6, 6.07) is 11.3. The lowest BCUT2D eigenvalue weighted by atomic mass is 9.99. The van der Waals surface area contributed by atoms with E-state index < -0.39 is 6.10 Å². The van der Waals surface area contributed by atoms with Crippen molar-refractivity contribution in [2.75, 3.05) is 5.73 Å². The molecule has 3 N–H and O–H groups in total. The minimum Gasteiger partial charge on any atom is -0.388 e. The van der Waals surface area contributed by atoms with E-state index in [1.807, 2.05) is 30.3 Å². The number of nitrogens with zero attached hydrogens (tertiary/aromatic N) is 2. The molecule has 3 aromatic rings. The van der Waals surface area contributed by atoms with Gasteiger partial charge in [0.25, 0.3) is 0 Å². The molecule has 106 valence electrons. The summed E-state index contributed by atoms with van der Waals surface area (Å²) in [6.07, 6.45) is 3.21. The highest BCUT2D eigenvalue weighted by atomic mass is 79.9. The molecule has 1 atom stereocenters. The van der Waals surface area contributed by atoms with Crippen LogP contribution in [0.5, 0.6) is 0 Å². The Hall–Kier alpha value is -1.98. The maximum atomic E-state index is 10.5. The van der Waals surface area contributed by atoms with E-state index in [9.17, 15) is 5.11 Å². The molecule has 2 heterocycles. The zero-order valence-electron chi connectivity index (χ0n) is 11.2. The quantitative estimate of drug-likeness (QED) is 0.765. The molecule has 0 aliphatic heterocycles. The molecule has 1 aromatic carbocycles. The zero-order valence-corrected chi connectivity index (χ0v) is 12.8. The van der Waals surface area contributed by atoms with Gasteiger partial charge in [0.05, 0.1) is 11.6 Å². The van der Waals surface area contributed by atoms with Crippen molar-refractivity contribution in [3.05, 3.63) is 64.4 Å². The van der Waals surface area contributed by atoms with Crippen LogP contribution in [-0.4, -0.2) is 15.1 Å². The van der Waals surface area contributed by atoms with E-state index in [0.29, 0.717) is 12.2 Å². The molecular formula is C16H14BrN3O. The van der Waals surface area contributed by atoms with Gasteiger partial charge < -0.3 is 10.8 Å². The fraction of sp³-hybridized carbons (Fsp3) is 0.125. The van der Waals surface area contributed by atoms with Crippen LogP contribution in [0.4, 0.5) is 5.82 Å². The molecule has 0 bridgehead atoms. The number of rotatable bonds is 3. The van der Waals surface area contributed by atoms with Gasteiger partial charge in [-0.1, -0.05) is 28.1 Å². The van der Waals surface area contributed by atoms with Crippen molar-refractivity contribution in [3.63, 3.8) is 0 Å². The Balaban J connectivity index is 1.98. The number of hydrogen-bond acceptors (Lipinski definition) is 4. The summed E-state index contributed by atoms with van der Waals surface area (Å²) in [6.45, 7) is 0. The number of aliphatic hydroxyl groups is 1. The molecular weight excluding hydrogens is 330 g/mol. The fourth-order valence-corrected chi connectivity index (χ4v) is 2.84. The van der Waals surface area contributed by atoms with E-state index in [1.165, 1.54) is 0 Å². The maximum Gasteiger partial charge on any atom is 0.123 e. The lowest BCUT2D eigenvalue weighted by Gasteiger charge is -2.14. The number of hydrogen-bond donors (Lipinski definition) is 2. The second-order valence-corrected chi connectivity index (χ2v) is 5.70. The number of benzene rings is 1. The minimum absolute atomic E-state index is 0.457. The normalized spacial score (nSPS) is 12.5. The van der Waals surface area contributed by atoms with Gasteiger partial charge in [-0.25, -0.2) is 4.98 Å². The fourth-order valence-electron chi connectivity index (χ4n) is 2.38. The SMILES string of the molecule is Nc1cc(CC(O)c2ccc(Br)c3cccnc23)ccn1. The smallest absolute Gasteiger partial charge is 0.123 e. The molecule has 5 heteroatoms. The molecule has 0 amide bonds. The summed E-state index contributed by atoms with van der Waals surface area (Å²) in [5, 5.41) is 11.5. The van der Waals surface area contributed by atoms with Crippen molar-refractivity contribution in [1.29, 1.82) is 0 Å². The van der Waals surface area contributed by atoms with E-state index in [0.717, 1.165) is 26.5 Å². The number of pyridine rings is 2. The van der Waals surface area contributed by atoms with Crippen LogP contribution in [0.3, 0.4) is 0 Å². The predicted molar refractivity (Wildman–Crippen MR) is 86.8 cm³/mol. The maximum absolute atomic E-state index is 10.5. The number of aliphatic hydroxyl groups excluding tert-OH is 1. The number of nitrogen functional groups attached to an aromatic ring is 1. The van der Waals surface area contributed by atoms with Crippen LogP contribution in [0.2, 0.25) is 0 Å². The van der Waals surface area contributed by atoms with Gasteiger partial charge in [0.1, 0.15) is 5.82 Å². The molecule has 0 spiro atoms. The first kappa shape index (κ1) is 14.0.